The third-order valence-electron chi connectivity index (χ3n) is 3.71. The summed E-state index contributed by atoms with van der Waals surface area (Å²) < 4.78 is 26.1. The molecule has 0 heterocycles. The molecule has 1 saturated carbocycles. The van der Waals surface area contributed by atoms with Gasteiger partial charge in [0.1, 0.15) is 0 Å². The van der Waals surface area contributed by atoms with Crippen LogP contribution in [0.25, 0.3) is 0 Å². The molecular weight excluding hydrogens is 268 g/mol. The highest BCUT2D eigenvalue weighted by Gasteiger charge is 2.38. The van der Waals surface area contributed by atoms with Gasteiger partial charge < -0.3 is 10.8 Å². The molecule has 1 unspecified atom stereocenters. The second kappa shape index (κ2) is 6.67. The van der Waals surface area contributed by atoms with E-state index in [2.05, 4.69) is 0 Å². The van der Waals surface area contributed by atoms with Crippen LogP contribution in [0.2, 0.25) is 0 Å². The van der Waals surface area contributed by atoms with Crippen LogP contribution in [0.5, 0.6) is 0 Å². The van der Waals surface area contributed by atoms with Crippen molar-refractivity contribution in [1.82, 2.24) is 4.31 Å². The SMILES string of the molecule is CCCN(C1CCC(N)CC1)S(=O)(=O)C(C)C(=O)O. The molecule has 1 aliphatic carbocycles. The van der Waals surface area contributed by atoms with Gasteiger partial charge in [-0.1, -0.05) is 6.92 Å². The zero-order chi connectivity index (χ0) is 14.6. The Morgan fingerprint density at radius 3 is 2.32 bits per heavy atom. The Hall–Kier alpha value is -0.660. The summed E-state index contributed by atoms with van der Waals surface area (Å²) in [7, 11) is -3.79. The van der Waals surface area contributed by atoms with Crippen molar-refractivity contribution in [1.29, 1.82) is 0 Å². The number of carbonyl (C=O) groups is 1. The second-order valence-electron chi connectivity index (χ2n) is 5.20. The first kappa shape index (κ1) is 16.4. The van der Waals surface area contributed by atoms with Crippen LogP contribution in [0, 0.1) is 0 Å². The van der Waals surface area contributed by atoms with Crippen molar-refractivity contribution in [3.05, 3.63) is 0 Å². The largest absolute Gasteiger partial charge is 0.480 e. The summed E-state index contributed by atoms with van der Waals surface area (Å²) in [5.41, 5.74) is 5.83. The van der Waals surface area contributed by atoms with E-state index in [1.807, 2.05) is 6.92 Å². The monoisotopic (exact) mass is 292 g/mol. The molecule has 0 aromatic carbocycles. The standard InChI is InChI=1S/C12H24N2O4S/c1-3-8-14(11-6-4-10(13)5-7-11)19(17,18)9(2)12(15)16/h9-11H,3-8,13H2,1-2H3,(H,15,16). The quantitative estimate of drug-likeness (QED) is 0.753. The lowest BCUT2D eigenvalue weighted by atomic mass is 9.92. The van der Waals surface area contributed by atoms with E-state index in [4.69, 9.17) is 10.8 Å². The molecule has 0 spiro atoms. The summed E-state index contributed by atoms with van der Waals surface area (Å²) in [5, 5.41) is 7.56. The topological polar surface area (TPSA) is 101 Å². The van der Waals surface area contributed by atoms with Gasteiger partial charge in [0.25, 0.3) is 0 Å². The van der Waals surface area contributed by atoms with Gasteiger partial charge in [0, 0.05) is 18.6 Å². The Balaban J connectivity index is 2.90. The van der Waals surface area contributed by atoms with Crippen LogP contribution >= 0.6 is 0 Å². The molecule has 0 aliphatic heterocycles. The molecule has 0 aromatic rings. The summed E-state index contributed by atoms with van der Waals surface area (Å²) in [6.07, 6.45) is 3.69. The summed E-state index contributed by atoms with van der Waals surface area (Å²) in [6, 6.07) is 0.0332. The molecule has 19 heavy (non-hydrogen) atoms. The van der Waals surface area contributed by atoms with Crippen molar-refractivity contribution in [2.45, 2.75) is 63.3 Å². The average molecular weight is 292 g/mol. The number of hydrogen-bond donors (Lipinski definition) is 2. The lowest BCUT2D eigenvalue weighted by molar-refractivity contribution is -0.136. The van der Waals surface area contributed by atoms with Gasteiger partial charge in [0.05, 0.1) is 0 Å². The average Bonchev–Trinajstić information content (AvgIpc) is 2.36. The zero-order valence-electron chi connectivity index (χ0n) is 11.6. The van der Waals surface area contributed by atoms with Crippen molar-refractivity contribution in [2.24, 2.45) is 5.73 Å². The van der Waals surface area contributed by atoms with Crippen molar-refractivity contribution < 1.29 is 18.3 Å². The second-order valence-corrected chi connectivity index (χ2v) is 7.41. The lowest BCUT2D eigenvalue weighted by Gasteiger charge is -2.35. The van der Waals surface area contributed by atoms with Gasteiger partial charge >= 0.3 is 5.97 Å². The van der Waals surface area contributed by atoms with Gasteiger partial charge in [-0.05, 0) is 39.0 Å². The first-order chi connectivity index (χ1) is 8.80. The number of nitrogens with two attached hydrogens (primary N) is 1. The molecule has 1 aliphatic rings. The first-order valence-electron chi connectivity index (χ1n) is 6.79. The number of nitrogens with zero attached hydrogens (tertiary/aromatic N) is 1. The van der Waals surface area contributed by atoms with Crippen molar-refractivity contribution in [3.63, 3.8) is 0 Å². The minimum absolute atomic E-state index is 0.105. The van der Waals surface area contributed by atoms with Gasteiger partial charge in [0.15, 0.2) is 5.25 Å². The highest BCUT2D eigenvalue weighted by molar-refractivity contribution is 7.90. The molecule has 1 rings (SSSR count). The number of aliphatic carboxylic acids is 1. The summed E-state index contributed by atoms with van der Waals surface area (Å²) >= 11 is 0. The third-order valence-corrected chi connectivity index (χ3v) is 5.94. The van der Waals surface area contributed by atoms with Gasteiger partial charge in [-0.3, -0.25) is 4.79 Å². The van der Waals surface area contributed by atoms with Crippen molar-refractivity contribution in [3.8, 4) is 0 Å². The maximum atomic E-state index is 12.4. The van der Waals surface area contributed by atoms with E-state index in [0.29, 0.717) is 25.8 Å². The Morgan fingerprint density at radius 2 is 1.89 bits per heavy atom. The van der Waals surface area contributed by atoms with Gasteiger partial charge in [-0.2, -0.15) is 4.31 Å². The molecule has 0 saturated heterocycles. The zero-order valence-corrected chi connectivity index (χ0v) is 12.4. The fraction of sp³-hybridized carbons (Fsp3) is 0.917. The molecule has 1 fully saturated rings. The molecule has 0 aromatic heterocycles. The molecule has 1 atom stereocenters. The molecule has 0 radical (unpaired) electrons. The highest BCUT2D eigenvalue weighted by Crippen LogP contribution is 2.26. The first-order valence-corrected chi connectivity index (χ1v) is 8.30. The van der Waals surface area contributed by atoms with Gasteiger partial charge in [-0.25, -0.2) is 8.42 Å². The normalized spacial score (nSPS) is 26.3. The van der Waals surface area contributed by atoms with E-state index in [1.54, 1.807) is 0 Å². The summed E-state index contributed by atoms with van der Waals surface area (Å²) in [4.78, 5) is 11.0. The third kappa shape index (κ3) is 3.90. The fourth-order valence-electron chi connectivity index (χ4n) is 2.46. The molecule has 3 N–H and O–H groups in total. The molecule has 0 bridgehead atoms. The summed E-state index contributed by atoms with van der Waals surface area (Å²) in [5.74, 6) is -1.30. The molecule has 6 nitrogen and oxygen atoms in total. The Labute approximate surface area is 115 Å². The molecule has 7 heteroatoms. The van der Waals surface area contributed by atoms with Crippen molar-refractivity contribution >= 4 is 16.0 Å². The van der Waals surface area contributed by atoms with Crippen LogP contribution in [0.4, 0.5) is 0 Å². The number of sulfonamides is 1. The maximum Gasteiger partial charge on any atom is 0.323 e. The van der Waals surface area contributed by atoms with Crippen LogP contribution in [0.1, 0.15) is 46.0 Å². The van der Waals surface area contributed by atoms with E-state index in [1.165, 1.54) is 11.2 Å². The van der Waals surface area contributed by atoms with Crippen LogP contribution in [0.3, 0.4) is 0 Å². The van der Waals surface area contributed by atoms with E-state index < -0.39 is 21.2 Å². The number of carboxylic acids is 1. The van der Waals surface area contributed by atoms with Gasteiger partial charge in [-0.15, -0.1) is 0 Å². The highest BCUT2D eigenvalue weighted by atomic mass is 32.2. The minimum Gasteiger partial charge on any atom is -0.480 e. The maximum absolute atomic E-state index is 12.4. The number of rotatable bonds is 6. The predicted molar refractivity (Wildman–Crippen MR) is 73.2 cm³/mol. The Morgan fingerprint density at radius 1 is 1.37 bits per heavy atom. The summed E-state index contributed by atoms with van der Waals surface area (Å²) in [6.45, 7) is 3.50. The Bertz CT molecular complexity index is 402. The molecule has 112 valence electrons. The van der Waals surface area contributed by atoms with E-state index in [0.717, 1.165) is 12.8 Å². The van der Waals surface area contributed by atoms with Crippen LogP contribution in [0.15, 0.2) is 0 Å². The fourth-order valence-corrected chi connectivity index (χ4v) is 4.18. The van der Waals surface area contributed by atoms with Crippen LogP contribution in [-0.4, -0.2) is 47.7 Å². The number of hydrogen-bond acceptors (Lipinski definition) is 4. The van der Waals surface area contributed by atoms with Crippen LogP contribution in [-0.2, 0) is 14.8 Å². The van der Waals surface area contributed by atoms with E-state index >= 15 is 0 Å². The van der Waals surface area contributed by atoms with E-state index in [9.17, 15) is 13.2 Å². The van der Waals surface area contributed by atoms with Crippen molar-refractivity contribution in [2.75, 3.05) is 6.54 Å². The Kier molecular flexibility index (Phi) is 5.76. The predicted octanol–water partition coefficient (Wildman–Crippen LogP) is 0.771. The van der Waals surface area contributed by atoms with Crippen LogP contribution < -0.4 is 5.73 Å². The minimum atomic E-state index is -3.79. The van der Waals surface area contributed by atoms with E-state index in [-0.39, 0.29) is 12.1 Å². The lowest BCUT2D eigenvalue weighted by Crippen LogP contribution is -2.49. The molecule has 0 amide bonds. The number of carboxylic acid groups (broad SMARTS) is 1. The molecular formula is C12H24N2O4S. The smallest absolute Gasteiger partial charge is 0.323 e. The van der Waals surface area contributed by atoms with Gasteiger partial charge in [0.2, 0.25) is 10.0 Å².